The summed E-state index contributed by atoms with van der Waals surface area (Å²) in [4.78, 5) is 5.96. The number of hydrogen-bond acceptors (Lipinski definition) is 6. The molecule has 0 saturated carbocycles. The van der Waals surface area contributed by atoms with E-state index in [1.165, 1.54) is 24.6 Å². The number of ether oxygens (including phenoxy) is 1. The van der Waals surface area contributed by atoms with E-state index >= 15 is 0 Å². The average Bonchev–Trinajstić information content (AvgIpc) is 3.37. The molecule has 0 bridgehead atoms. The summed E-state index contributed by atoms with van der Waals surface area (Å²) in [6, 6.07) is 1.90. The van der Waals surface area contributed by atoms with E-state index in [1.807, 2.05) is 6.92 Å². The summed E-state index contributed by atoms with van der Waals surface area (Å²) in [6.07, 6.45) is 4.35. The van der Waals surface area contributed by atoms with Gasteiger partial charge in [-0.15, -0.1) is 16.4 Å². The number of hydrogen-bond donors (Lipinski definition) is 1. The Balaban J connectivity index is 1.74. The fraction of sp³-hybridized carbons (Fsp3) is 0.235. The van der Waals surface area contributed by atoms with Gasteiger partial charge in [-0.2, -0.15) is 0 Å². The molecule has 0 radical (unpaired) electrons. The molecule has 10 heteroatoms. The molecule has 0 saturated heterocycles. The molecule has 4 rings (SSSR count). The number of aliphatic hydroxyl groups is 1. The largest absolute Gasteiger partial charge is 0.494 e. The number of benzene rings is 1. The van der Waals surface area contributed by atoms with Crippen LogP contribution in [0.3, 0.4) is 0 Å². The van der Waals surface area contributed by atoms with Gasteiger partial charge in [-0.05, 0) is 6.42 Å². The summed E-state index contributed by atoms with van der Waals surface area (Å²) in [7, 11) is 1.25. The maximum absolute atomic E-state index is 14.3. The van der Waals surface area contributed by atoms with Crippen LogP contribution in [-0.2, 0) is 6.42 Å². The summed E-state index contributed by atoms with van der Waals surface area (Å²) in [6.45, 7) is 1.99. The molecule has 0 fully saturated rings. The predicted molar refractivity (Wildman–Crippen MR) is 94.3 cm³/mol. The van der Waals surface area contributed by atoms with Crippen molar-refractivity contribution in [1.29, 1.82) is 0 Å². The first-order valence-electron chi connectivity index (χ1n) is 8.10. The van der Waals surface area contributed by atoms with Crippen LogP contribution in [0.1, 0.15) is 29.3 Å². The van der Waals surface area contributed by atoms with Crippen LogP contribution in [0.25, 0.3) is 10.5 Å². The lowest BCUT2D eigenvalue weighted by Crippen LogP contribution is -2.06. The summed E-state index contributed by atoms with van der Waals surface area (Å²) in [5.41, 5.74) is 0.727. The van der Waals surface area contributed by atoms with Gasteiger partial charge in [0, 0.05) is 17.0 Å². The Kier molecular flexibility index (Phi) is 4.36. The van der Waals surface area contributed by atoms with Crippen molar-refractivity contribution >= 4 is 16.2 Å². The summed E-state index contributed by atoms with van der Waals surface area (Å²) in [5.74, 6) is -1.65. The van der Waals surface area contributed by atoms with Crippen molar-refractivity contribution in [2.45, 2.75) is 19.4 Å². The Morgan fingerprint density at radius 3 is 2.85 bits per heavy atom. The number of nitrogens with zero attached hydrogens (tertiary/aromatic N) is 5. The Bertz CT molecular complexity index is 1120. The van der Waals surface area contributed by atoms with Crippen molar-refractivity contribution in [3.63, 3.8) is 0 Å². The molecule has 4 aromatic rings. The van der Waals surface area contributed by atoms with Gasteiger partial charge in [-0.25, -0.2) is 18.4 Å². The molecule has 1 atom stereocenters. The molecule has 1 unspecified atom stereocenters. The Hall–Kier alpha value is -2.85. The molecule has 0 aliphatic rings. The number of aryl methyl sites for hydroxylation is 1. The van der Waals surface area contributed by atoms with Crippen molar-refractivity contribution in [2.24, 2.45) is 0 Å². The van der Waals surface area contributed by atoms with Gasteiger partial charge in [0.25, 0.3) is 0 Å². The third-order valence-corrected chi connectivity index (χ3v) is 5.47. The van der Waals surface area contributed by atoms with E-state index in [4.69, 9.17) is 4.74 Å². The van der Waals surface area contributed by atoms with E-state index in [2.05, 4.69) is 15.3 Å². The Labute approximate surface area is 156 Å². The summed E-state index contributed by atoms with van der Waals surface area (Å²) in [5, 5.41) is 18.6. The molecule has 7 nitrogen and oxygen atoms in total. The van der Waals surface area contributed by atoms with E-state index in [0.29, 0.717) is 5.69 Å². The molecule has 3 heterocycles. The lowest BCUT2D eigenvalue weighted by molar-refractivity contribution is 0.208. The number of aromatic nitrogens is 5. The number of imidazole rings is 1. The molecule has 0 spiro atoms. The normalized spacial score (nSPS) is 12.6. The first-order valence-corrected chi connectivity index (χ1v) is 8.92. The first kappa shape index (κ1) is 17.6. The minimum absolute atomic E-state index is 0.131. The standard InChI is InChI=1S/C17H15F2N5O2S/c1-3-14-16(23-8-20-6-15(23)27-14)17(25)11-7-24(22-21-11)12-4-10(19)13(26-2)5-9(12)18/h4-8,17,25H,3H2,1-2H3. The van der Waals surface area contributed by atoms with Gasteiger partial charge in [0.05, 0.1) is 25.2 Å². The van der Waals surface area contributed by atoms with Crippen LogP contribution in [0.5, 0.6) is 5.75 Å². The first-order chi connectivity index (χ1) is 13.0. The smallest absolute Gasteiger partial charge is 0.167 e. The predicted octanol–water partition coefficient (Wildman–Crippen LogP) is 2.91. The van der Waals surface area contributed by atoms with Crippen molar-refractivity contribution in [3.05, 3.63) is 58.8 Å². The van der Waals surface area contributed by atoms with E-state index in [9.17, 15) is 13.9 Å². The zero-order valence-corrected chi connectivity index (χ0v) is 15.2. The highest BCUT2D eigenvalue weighted by atomic mass is 32.1. The zero-order chi connectivity index (χ0) is 19.1. The molecular formula is C17H15F2N5O2S. The Morgan fingerprint density at radius 2 is 2.11 bits per heavy atom. The summed E-state index contributed by atoms with van der Waals surface area (Å²) < 4.78 is 35.8. The minimum atomic E-state index is -1.08. The molecule has 27 heavy (non-hydrogen) atoms. The fourth-order valence-electron chi connectivity index (χ4n) is 2.90. The van der Waals surface area contributed by atoms with E-state index < -0.39 is 17.7 Å². The highest BCUT2D eigenvalue weighted by Crippen LogP contribution is 2.32. The van der Waals surface area contributed by atoms with Gasteiger partial charge in [-0.1, -0.05) is 12.1 Å². The van der Waals surface area contributed by atoms with Crippen LogP contribution in [0.15, 0.2) is 30.9 Å². The lowest BCUT2D eigenvalue weighted by Gasteiger charge is -2.09. The average molecular weight is 391 g/mol. The molecule has 140 valence electrons. The van der Waals surface area contributed by atoms with E-state index in [0.717, 1.165) is 32.9 Å². The van der Waals surface area contributed by atoms with Crippen molar-refractivity contribution < 1.29 is 18.6 Å². The topological polar surface area (TPSA) is 77.5 Å². The minimum Gasteiger partial charge on any atom is -0.494 e. The van der Waals surface area contributed by atoms with Gasteiger partial charge in [0.1, 0.15) is 28.6 Å². The van der Waals surface area contributed by atoms with E-state index in [-0.39, 0.29) is 17.1 Å². The molecule has 0 aliphatic heterocycles. The van der Waals surface area contributed by atoms with Crippen molar-refractivity contribution in [2.75, 3.05) is 7.11 Å². The van der Waals surface area contributed by atoms with Crippen LogP contribution < -0.4 is 4.74 Å². The third-order valence-electron chi connectivity index (χ3n) is 4.22. The molecular weight excluding hydrogens is 376 g/mol. The van der Waals surface area contributed by atoms with Crippen LogP contribution in [0, 0.1) is 11.6 Å². The number of methoxy groups -OCH3 is 1. The number of rotatable bonds is 5. The second-order valence-electron chi connectivity index (χ2n) is 5.79. The van der Waals surface area contributed by atoms with Crippen molar-refractivity contribution in [1.82, 2.24) is 24.4 Å². The maximum Gasteiger partial charge on any atom is 0.167 e. The number of thiazole rings is 1. The van der Waals surface area contributed by atoms with Crippen LogP contribution in [-0.4, -0.2) is 36.6 Å². The van der Waals surface area contributed by atoms with Gasteiger partial charge in [0.15, 0.2) is 17.4 Å². The monoisotopic (exact) mass is 391 g/mol. The quantitative estimate of drug-likeness (QED) is 0.566. The molecule has 1 N–H and O–H groups in total. The number of aliphatic hydroxyl groups excluding tert-OH is 1. The Morgan fingerprint density at radius 1 is 1.30 bits per heavy atom. The van der Waals surface area contributed by atoms with Crippen molar-refractivity contribution in [3.8, 4) is 11.4 Å². The highest BCUT2D eigenvalue weighted by molar-refractivity contribution is 7.17. The molecule has 3 aromatic heterocycles. The highest BCUT2D eigenvalue weighted by Gasteiger charge is 2.24. The lowest BCUT2D eigenvalue weighted by atomic mass is 10.1. The number of halogens is 2. The zero-order valence-electron chi connectivity index (χ0n) is 14.4. The second kappa shape index (κ2) is 6.71. The van der Waals surface area contributed by atoms with Gasteiger partial charge >= 0.3 is 0 Å². The third kappa shape index (κ3) is 2.86. The van der Waals surface area contributed by atoms with E-state index in [1.54, 1.807) is 16.9 Å². The second-order valence-corrected chi connectivity index (χ2v) is 6.91. The number of fused-ring (bicyclic) bond motifs is 1. The van der Waals surface area contributed by atoms with Gasteiger partial charge in [0.2, 0.25) is 0 Å². The molecule has 1 aromatic carbocycles. The summed E-state index contributed by atoms with van der Waals surface area (Å²) >= 11 is 1.53. The van der Waals surface area contributed by atoms with Gasteiger partial charge < -0.3 is 9.84 Å². The fourth-order valence-corrected chi connectivity index (χ4v) is 3.97. The maximum atomic E-state index is 14.3. The van der Waals surface area contributed by atoms with Gasteiger partial charge in [-0.3, -0.25) is 4.40 Å². The van der Waals surface area contributed by atoms with Crippen LogP contribution in [0.4, 0.5) is 8.78 Å². The van der Waals surface area contributed by atoms with Crippen LogP contribution >= 0.6 is 11.3 Å². The molecule has 0 amide bonds. The van der Waals surface area contributed by atoms with Crippen LogP contribution in [0.2, 0.25) is 0 Å². The SMILES string of the molecule is CCc1sc2cncn2c1C(O)c1cn(-c2cc(F)c(OC)cc2F)nn1. The molecule has 0 aliphatic carbocycles.